The summed E-state index contributed by atoms with van der Waals surface area (Å²) in [5, 5.41) is 19.6. The maximum absolute atomic E-state index is 13.8. The molecule has 0 amide bonds. The van der Waals surface area contributed by atoms with Crippen molar-refractivity contribution in [1.29, 1.82) is 0 Å². The fourth-order valence-electron chi connectivity index (χ4n) is 2.93. The smallest absolute Gasteiger partial charge is 0.362 e. The monoisotopic (exact) mass is 462 g/mol. The molecule has 14 heteroatoms. The minimum atomic E-state index is -5.28. The lowest BCUT2D eigenvalue weighted by atomic mass is 10.0. The van der Waals surface area contributed by atoms with E-state index in [9.17, 15) is 31.4 Å². The number of halogens is 6. The largest absolute Gasteiger partial charge is 0.438 e. The average Bonchev–Trinajstić information content (AvgIpc) is 3.40. The summed E-state index contributed by atoms with van der Waals surface area (Å²) >= 11 is 1.04. The molecule has 0 unspecified atom stereocenters. The molecule has 0 aromatic carbocycles. The van der Waals surface area contributed by atoms with Crippen LogP contribution < -0.4 is 5.01 Å². The number of hydrogen-bond donors (Lipinski definition) is 1. The zero-order chi connectivity index (χ0) is 22.6. The molecule has 1 aliphatic heterocycles. The third kappa shape index (κ3) is 3.76. The number of anilines is 1. The lowest BCUT2D eigenvalue weighted by Crippen LogP contribution is -2.55. The number of aryl methyl sites for hydroxylation is 1. The Balaban J connectivity index is 1.90. The number of hydrazone groups is 1. The average molecular weight is 462 g/mol. The number of hydrogen-bond acceptors (Lipinski definition) is 7. The zero-order valence-corrected chi connectivity index (χ0v) is 16.3. The molecule has 31 heavy (non-hydrogen) atoms. The predicted octanol–water partition coefficient (Wildman–Crippen LogP) is 3.82. The molecule has 164 valence electrons. The molecule has 0 spiro atoms. The Hall–Kier alpha value is -3.00. The summed E-state index contributed by atoms with van der Waals surface area (Å²) in [7, 11) is 1.52. The van der Waals surface area contributed by atoms with Gasteiger partial charge in [0.05, 0.1) is 28.9 Å². The van der Waals surface area contributed by atoms with Gasteiger partial charge in [-0.15, -0.1) is 11.3 Å². The van der Waals surface area contributed by atoms with Crippen LogP contribution in [0.3, 0.4) is 0 Å². The third-order valence-electron chi connectivity index (χ3n) is 4.44. The van der Waals surface area contributed by atoms with E-state index in [0.29, 0.717) is 6.07 Å². The van der Waals surface area contributed by atoms with Crippen LogP contribution in [0.1, 0.15) is 17.7 Å². The number of rotatable bonds is 3. The molecule has 0 fully saturated rings. The normalized spacial score (nSPS) is 19.7. The Kier molecular flexibility index (Phi) is 4.81. The maximum atomic E-state index is 13.8. The minimum absolute atomic E-state index is 0.0122. The van der Waals surface area contributed by atoms with E-state index in [1.165, 1.54) is 30.2 Å². The second-order valence-electron chi connectivity index (χ2n) is 6.67. The summed E-state index contributed by atoms with van der Waals surface area (Å²) in [4.78, 5) is 7.37. The number of nitrogens with zero attached hydrogens (tertiary/aromatic N) is 6. The first kappa shape index (κ1) is 21.2. The molecule has 0 bridgehead atoms. The Morgan fingerprint density at radius 3 is 2.45 bits per heavy atom. The number of alkyl halides is 6. The van der Waals surface area contributed by atoms with Crippen molar-refractivity contribution < 1.29 is 31.4 Å². The first-order valence-electron chi connectivity index (χ1n) is 8.54. The molecule has 3 aromatic heterocycles. The van der Waals surface area contributed by atoms with Crippen LogP contribution in [0.15, 0.2) is 41.1 Å². The number of aliphatic hydroxyl groups is 1. The van der Waals surface area contributed by atoms with Crippen LogP contribution in [-0.2, 0) is 13.2 Å². The molecule has 3 aromatic rings. The molecule has 4 rings (SSSR count). The van der Waals surface area contributed by atoms with E-state index >= 15 is 0 Å². The van der Waals surface area contributed by atoms with Gasteiger partial charge in [0.15, 0.2) is 5.69 Å². The van der Waals surface area contributed by atoms with Crippen molar-refractivity contribution in [3.8, 4) is 10.6 Å². The van der Waals surface area contributed by atoms with Crippen molar-refractivity contribution in [3.05, 3.63) is 47.2 Å². The SMILES string of the molecule is Cn1cc(C2=NN(c3nc(-c4cccs4)cc(C(F)(F)F)n3)[C@](O)(C(F)(F)F)C2)cn1. The topological polar surface area (TPSA) is 79.4 Å². The van der Waals surface area contributed by atoms with Crippen molar-refractivity contribution >= 4 is 23.0 Å². The first-order valence-corrected chi connectivity index (χ1v) is 9.42. The summed E-state index contributed by atoms with van der Waals surface area (Å²) in [6, 6.07) is 3.64. The van der Waals surface area contributed by atoms with E-state index in [1.807, 2.05) is 0 Å². The lowest BCUT2D eigenvalue weighted by molar-refractivity contribution is -0.254. The highest BCUT2D eigenvalue weighted by Gasteiger charge is 2.63. The maximum Gasteiger partial charge on any atom is 0.438 e. The van der Waals surface area contributed by atoms with Crippen molar-refractivity contribution in [3.63, 3.8) is 0 Å². The highest BCUT2D eigenvalue weighted by atomic mass is 32.1. The Morgan fingerprint density at radius 1 is 1.16 bits per heavy atom. The Morgan fingerprint density at radius 2 is 1.90 bits per heavy atom. The summed E-state index contributed by atoms with van der Waals surface area (Å²) in [5.41, 5.74) is -5.42. The molecule has 7 nitrogen and oxygen atoms in total. The van der Waals surface area contributed by atoms with Crippen molar-refractivity contribution in [1.82, 2.24) is 19.7 Å². The number of thiophene rings is 1. The third-order valence-corrected chi connectivity index (χ3v) is 5.34. The number of aromatic nitrogens is 4. The van der Waals surface area contributed by atoms with E-state index < -0.39 is 36.1 Å². The summed E-state index contributed by atoms with van der Waals surface area (Å²) in [6.07, 6.45) is -8.70. The molecule has 1 aliphatic rings. The predicted molar refractivity (Wildman–Crippen MR) is 98.2 cm³/mol. The Bertz CT molecular complexity index is 1140. The van der Waals surface area contributed by atoms with Crippen LogP contribution in [0, 0.1) is 0 Å². The molecule has 1 atom stereocenters. The van der Waals surface area contributed by atoms with Gasteiger partial charge in [-0.25, -0.2) is 9.97 Å². The van der Waals surface area contributed by atoms with Gasteiger partial charge in [-0.1, -0.05) is 6.07 Å². The van der Waals surface area contributed by atoms with Crippen LogP contribution in [0.5, 0.6) is 0 Å². The molecular formula is C17H12F6N6OS. The molecule has 1 N–H and O–H groups in total. The van der Waals surface area contributed by atoms with Gasteiger partial charge in [-0.05, 0) is 17.5 Å². The van der Waals surface area contributed by atoms with Gasteiger partial charge in [-0.2, -0.15) is 41.6 Å². The van der Waals surface area contributed by atoms with Crippen LogP contribution in [-0.4, -0.2) is 42.5 Å². The molecule has 4 heterocycles. The Labute approximate surface area is 174 Å². The van der Waals surface area contributed by atoms with Gasteiger partial charge in [-0.3, -0.25) is 4.68 Å². The van der Waals surface area contributed by atoms with Gasteiger partial charge in [0.25, 0.3) is 5.72 Å². The summed E-state index contributed by atoms with van der Waals surface area (Å²) < 4.78 is 83.0. The molecule has 0 radical (unpaired) electrons. The zero-order valence-electron chi connectivity index (χ0n) is 15.5. The van der Waals surface area contributed by atoms with E-state index in [1.54, 1.807) is 11.4 Å². The van der Waals surface area contributed by atoms with E-state index in [2.05, 4.69) is 20.2 Å². The highest BCUT2D eigenvalue weighted by molar-refractivity contribution is 7.13. The van der Waals surface area contributed by atoms with Crippen molar-refractivity contribution in [2.24, 2.45) is 12.1 Å². The summed E-state index contributed by atoms with van der Waals surface area (Å²) in [6.45, 7) is 0. The summed E-state index contributed by atoms with van der Waals surface area (Å²) in [5.74, 6) is -1.03. The molecule has 0 saturated heterocycles. The second kappa shape index (κ2) is 7.02. The van der Waals surface area contributed by atoms with Gasteiger partial charge in [0.1, 0.15) is 0 Å². The molecular weight excluding hydrogens is 450 g/mol. The van der Waals surface area contributed by atoms with Gasteiger partial charge in [0.2, 0.25) is 5.95 Å². The lowest BCUT2D eigenvalue weighted by Gasteiger charge is -2.32. The van der Waals surface area contributed by atoms with E-state index in [-0.39, 0.29) is 26.9 Å². The van der Waals surface area contributed by atoms with Crippen molar-refractivity contribution in [2.45, 2.75) is 24.5 Å². The van der Waals surface area contributed by atoms with Gasteiger partial charge >= 0.3 is 12.4 Å². The molecule has 0 aliphatic carbocycles. The van der Waals surface area contributed by atoms with E-state index in [4.69, 9.17) is 0 Å². The second-order valence-corrected chi connectivity index (χ2v) is 7.61. The van der Waals surface area contributed by atoms with Crippen LogP contribution in [0.25, 0.3) is 10.6 Å². The minimum Gasteiger partial charge on any atom is -0.362 e. The van der Waals surface area contributed by atoms with Crippen LogP contribution in [0.4, 0.5) is 32.3 Å². The van der Waals surface area contributed by atoms with Crippen molar-refractivity contribution in [2.75, 3.05) is 5.01 Å². The van der Waals surface area contributed by atoms with Gasteiger partial charge in [0, 0.05) is 18.8 Å². The van der Waals surface area contributed by atoms with Crippen LogP contribution >= 0.6 is 11.3 Å². The fraction of sp³-hybridized carbons (Fsp3) is 0.294. The highest BCUT2D eigenvalue weighted by Crippen LogP contribution is 2.44. The quantitative estimate of drug-likeness (QED) is 0.599. The standard InChI is InChI=1S/C17H12F6N6OS/c1-28-8-9(7-24-28)11-6-15(30,17(21,22)23)29(27-11)14-25-10(12-3-2-4-31-12)5-13(26-14)16(18,19)20/h2-5,7-8,30H,6H2,1H3/t15-/m1/s1. The first-order chi connectivity index (χ1) is 14.4. The van der Waals surface area contributed by atoms with Gasteiger partial charge < -0.3 is 5.11 Å². The molecule has 0 saturated carbocycles. The fourth-order valence-corrected chi connectivity index (χ4v) is 3.62. The van der Waals surface area contributed by atoms with E-state index in [0.717, 1.165) is 11.3 Å². The van der Waals surface area contributed by atoms with Crippen LogP contribution in [0.2, 0.25) is 0 Å².